The molecule has 0 bridgehead atoms. The van der Waals surface area contributed by atoms with Gasteiger partial charge < -0.3 is 10.7 Å². The first-order valence-corrected chi connectivity index (χ1v) is 3.63. The third-order valence-electron chi connectivity index (χ3n) is 1.83. The Morgan fingerprint density at radius 3 is 3.17 bits per heavy atom. The maximum atomic E-state index is 13.1. The molecule has 2 aromatic rings. The fourth-order valence-corrected chi connectivity index (χ4v) is 1.25. The van der Waals surface area contributed by atoms with Gasteiger partial charge in [-0.1, -0.05) is 0 Å². The fourth-order valence-electron chi connectivity index (χ4n) is 1.25. The van der Waals surface area contributed by atoms with Crippen LogP contribution in [0.5, 0.6) is 0 Å². The molecule has 0 saturated carbocycles. The highest BCUT2D eigenvalue weighted by atomic mass is 19.1. The van der Waals surface area contributed by atoms with E-state index in [1.54, 1.807) is 12.3 Å². The average molecular weight is 165 g/mol. The van der Waals surface area contributed by atoms with Gasteiger partial charge in [-0.05, 0) is 11.6 Å². The summed E-state index contributed by atoms with van der Waals surface area (Å²) in [5, 5.41) is 0.500. The molecule has 0 radical (unpaired) electrons. The van der Waals surface area contributed by atoms with E-state index in [9.17, 15) is 4.39 Å². The SMILES string of the molecule is NCc1ccnc2[nH]cc(F)c12. The Bertz CT molecular complexity index is 408. The summed E-state index contributed by atoms with van der Waals surface area (Å²) < 4.78 is 13.1. The predicted molar refractivity (Wildman–Crippen MR) is 43.9 cm³/mol. The minimum absolute atomic E-state index is 0.293. The van der Waals surface area contributed by atoms with Crippen molar-refractivity contribution in [2.24, 2.45) is 5.73 Å². The topological polar surface area (TPSA) is 54.7 Å². The zero-order chi connectivity index (χ0) is 8.55. The number of nitrogens with one attached hydrogen (secondary N) is 1. The normalized spacial score (nSPS) is 10.8. The number of halogens is 1. The number of hydrogen-bond acceptors (Lipinski definition) is 2. The second kappa shape index (κ2) is 2.57. The van der Waals surface area contributed by atoms with Gasteiger partial charge >= 0.3 is 0 Å². The van der Waals surface area contributed by atoms with Gasteiger partial charge in [0.05, 0.1) is 5.39 Å². The highest BCUT2D eigenvalue weighted by molar-refractivity contribution is 5.79. The highest BCUT2D eigenvalue weighted by Gasteiger charge is 2.06. The van der Waals surface area contributed by atoms with Crippen LogP contribution in [0.2, 0.25) is 0 Å². The molecule has 62 valence electrons. The third kappa shape index (κ3) is 0.887. The van der Waals surface area contributed by atoms with Crippen LogP contribution in [0.25, 0.3) is 11.0 Å². The number of nitrogens with two attached hydrogens (primary N) is 1. The molecule has 12 heavy (non-hydrogen) atoms. The number of pyridine rings is 1. The molecule has 0 aliphatic heterocycles. The van der Waals surface area contributed by atoms with Crippen LogP contribution < -0.4 is 5.73 Å². The van der Waals surface area contributed by atoms with Gasteiger partial charge in [0.25, 0.3) is 0 Å². The molecular formula is C8H8FN3. The monoisotopic (exact) mass is 165 g/mol. The van der Waals surface area contributed by atoms with Crippen molar-refractivity contribution in [3.63, 3.8) is 0 Å². The van der Waals surface area contributed by atoms with Crippen molar-refractivity contribution < 1.29 is 4.39 Å². The maximum Gasteiger partial charge on any atom is 0.150 e. The molecule has 2 rings (SSSR count). The zero-order valence-electron chi connectivity index (χ0n) is 6.34. The van der Waals surface area contributed by atoms with E-state index in [-0.39, 0.29) is 5.82 Å². The summed E-state index contributed by atoms with van der Waals surface area (Å²) in [5.74, 6) is -0.293. The first-order valence-electron chi connectivity index (χ1n) is 3.63. The van der Waals surface area contributed by atoms with Gasteiger partial charge in [-0.2, -0.15) is 0 Å². The van der Waals surface area contributed by atoms with Crippen molar-refractivity contribution >= 4 is 11.0 Å². The van der Waals surface area contributed by atoms with Crippen molar-refractivity contribution in [1.82, 2.24) is 9.97 Å². The van der Waals surface area contributed by atoms with Crippen LogP contribution in [0.3, 0.4) is 0 Å². The van der Waals surface area contributed by atoms with Crippen molar-refractivity contribution in [3.8, 4) is 0 Å². The number of rotatable bonds is 1. The first kappa shape index (κ1) is 7.24. The van der Waals surface area contributed by atoms with Crippen LogP contribution in [0, 0.1) is 5.82 Å². The van der Waals surface area contributed by atoms with E-state index in [2.05, 4.69) is 9.97 Å². The molecule has 0 aliphatic rings. The lowest BCUT2D eigenvalue weighted by molar-refractivity contribution is 0.638. The van der Waals surface area contributed by atoms with E-state index in [0.29, 0.717) is 17.6 Å². The summed E-state index contributed by atoms with van der Waals surface area (Å²) in [6.45, 7) is 0.327. The number of fused-ring (bicyclic) bond motifs is 1. The molecule has 0 spiro atoms. The van der Waals surface area contributed by atoms with Gasteiger partial charge in [-0.25, -0.2) is 9.37 Å². The number of hydrogen-bond donors (Lipinski definition) is 2. The van der Waals surface area contributed by atoms with Gasteiger partial charge in [0.15, 0.2) is 0 Å². The molecule has 3 N–H and O–H groups in total. The van der Waals surface area contributed by atoms with Crippen molar-refractivity contribution in [2.45, 2.75) is 6.54 Å². The number of H-pyrrole nitrogens is 1. The Hall–Kier alpha value is -1.42. The summed E-state index contributed by atoms with van der Waals surface area (Å²) in [6, 6.07) is 1.72. The van der Waals surface area contributed by atoms with Gasteiger partial charge in [0.2, 0.25) is 0 Å². The molecule has 0 saturated heterocycles. The Labute approximate surface area is 68.4 Å². The van der Waals surface area contributed by atoms with E-state index < -0.39 is 0 Å². The lowest BCUT2D eigenvalue weighted by Gasteiger charge is -1.97. The first-order chi connectivity index (χ1) is 5.83. The Morgan fingerprint density at radius 2 is 2.42 bits per heavy atom. The van der Waals surface area contributed by atoms with Gasteiger partial charge in [0.1, 0.15) is 11.5 Å². The minimum Gasteiger partial charge on any atom is -0.343 e. The number of nitrogens with zero attached hydrogens (tertiary/aromatic N) is 1. The summed E-state index contributed by atoms with van der Waals surface area (Å²) in [4.78, 5) is 6.68. The number of aromatic nitrogens is 2. The zero-order valence-corrected chi connectivity index (χ0v) is 6.34. The van der Waals surface area contributed by atoms with E-state index in [1.165, 1.54) is 6.20 Å². The van der Waals surface area contributed by atoms with Crippen molar-refractivity contribution in [1.29, 1.82) is 0 Å². The van der Waals surface area contributed by atoms with Crippen LogP contribution in [0.1, 0.15) is 5.56 Å². The highest BCUT2D eigenvalue weighted by Crippen LogP contribution is 2.18. The van der Waals surface area contributed by atoms with Crippen molar-refractivity contribution in [2.75, 3.05) is 0 Å². The second-order valence-electron chi connectivity index (χ2n) is 2.53. The molecule has 0 fully saturated rings. The quantitative estimate of drug-likeness (QED) is 0.666. The third-order valence-corrected chi connectivity index (χ3v) is 1.83. The molecule has 0 aromatic carbocycles. The van der Waals surface area contributed by atoms with E-state index in [4.69, 9.17) is 5.73 Å². The van der Waals surface area contributed by atoms with Crippen LogP contribution in [-0.4, -0.2) is 9.97 Å². The van der Waals surface area contributed by atoms with Crippen LogP contribution in [0.4, 0.5) is 4.39 Å². The second-order valence-corrected chi connectivity index (χ2v) is 2.53. The van der Waals surface area contributed by atoms with Crippen molar-refractivity contribution in [3.05, 3.63) is 29.8 Å². The molecule has 0 amide bonds. The van der Waals surface area contributed by atoms with Crippen LogP contribution in [0.15, 0.2) is 18.5 Å². The Kier molecular flexibility index (Phi) is 1.55. The van der Waals surface area contributed by atoms with Crippen LogP contribution in [-0.2, 0) is 6.54 Å². The molecule has 0 atom stereocenters. The predicted octanol–water partition coefficient (Wildman–Crippen LogP) is 1.16. The smallest absolute Gasteiger partial charge is 0.150 e. The maximum absolute atomic E-state index is 13.1. The van der Waals surface area contributed by atoms with E-state index in [1.807, 2.05) is 0 Å². The van der Waals surface area contributed by atoms with Crippen LogP contribution >= 0.6 is 0 Å². The summed E-state index contributed by atoms with van der Waals surface area (Å²) in [6.07, 6.45) is 2.90. The molecule has 0 unspecified atom stereocenters. The average Bonchev–Trinajstić information content (AvgIpc) is 2.48. The molecule has 4 heteroatoms. The Morgan fingerprint density at radius 1 is 1.58 bits per heavy atom. The van der Waals surface area contributed by atoms with E-state index in [0.717, 1.165) is 5.56 Å². The number of aromatic amines is 1. The van der Waals surface area contributed by atoms with Gasteiger partial charge in [0, 0.05) is 18.9 Å². The molecule has 2 aromatic heterocycles. The Balaban J connectivity index is 2.84. The largest absolute Gasteiger partial charge is 0.343 e. The molecule has 3 nitrogen and oxygen atoms in total. The summed E-state index contributed by atoms with van der Waals surface area (Å²) >= 11 is 0. The van der Waals surface area contributed by atoms with Gasteiger partial charge in [-0.15, -0.1) is 0 Å². The van der Waals surface area contributed by atoms with Gasteiger partial charge in [-0.3, -0.25) is 0 Å². The van der Waals surface area contributed by atoms with E-state index >= 15 is 0 Å². The lowest BCUT2D eigenvalue weighted by Crippen LogP contribution is -1.97. The standard InChI is InChI=1S/C8H8FN3/c9-6-4-12-8-7(6)5(3-10)1-2-11-8/h1-2,4H,3,10H2,(H,11,12). The lowest BCUT2D eigenvalue weighted by atomic mass is 10.2. The molecular weight excluding hydrogens is 157 g/mol. The summed E-state index contributed by atoms with van der Waals surface area (Å²) in [5.41, 5.74) is 6.76. The molecule has 2 heterocycles. The summed E-state index contributed by atoms with van der Waals surface area (Å²) in [7, 11) is 0. The minimum atomic E-state index is -0.293. The molecule has 0 aliphatic carbocycles. The fraction of sp³-hybridized carbons (Fsp3) is 0.125.